The Hall–Kier alpha value is -2.24. The molecule has 146 valence electrons. The number of nitrogens with zero attached hydrogens (tertiary/aromatic N) is 2. The van der Waals surface area contributed by atoms with Gasteiger partial charge in [0.05, 0.1) is 24.1 Å². The van der Waals surface area contributed by atoms with Crippen LogP contribution in [-0.2, 0) is 14.9 Å². The molecule has 2 saturated heterocycles. The average Bonchev–Trinajstić information content (AvgIpc) is 3.03. The molecule has 2 fully saturated rings. The maximum absolute atomic E-state index is 12.5. The Morgan fingerprint density at radius 1 is 1.26 bits per heavy atom. The smallest absolute Gasteiger partial charge is 0.410 e. The molecule has 3 heterocycles. The van der Waals surface area contributed by atoms with Crippen molar-refractivity contribution in [3.8, 4) is 0 Å². The number of piperazine rings is 1. The topological polar surface area (TPSA) is 61.9 Å². The van der Waals surface area contributed by atoms with E-state index in [1.165, 1.54) is 0 Å². The number of rotatable bonds is 4. The first-order chi connectivity index (χ1) is 12.9. The Morgan fingerprint density at radius 3 is 2.63 bits per heavy atom. The lowest BCUT2D eigenvalue weighted by atomic mass is 9.86. The fourth-order valence-electron chi connectivity index (χ4n) is 4.57. The summed E-state index contributed by atoms with van der Waals surface area (Å²) in [6.07, 6.45) is 3.84. The molecule has 0 spiro atoms. The average molecular weight is 371 g/mol. The van der Waals surface area contributed by atoms with Crippen molar-refractivity contribution in [2.75, 3.05) is 29.9 Å². The van der Waals surface area contributed by atoms with E-state index in [4.69, 9.17) is 4.74 Å². The number of carbonyl (C=O) groups is 2. The number of carbonyl (C=O) groups excluding carboxylic acids is 2. The zero-order valence-electron chi connectivity index (χ0n) is 16.5. The summed E-state index contributed by atoms with van der Waals surface area (Å²) in [5, 5.41) is 3.01. The number of benzene rings is 1. The van der Waals surface area contributed by atoms with Gasteiger partial charge < -0.3 is 15.0 Å². The maximum Gasteiger partial charge on any atom is 0.410 e. The Balaban J connectivity index is 1.47. The van der Waals surface area contributed by atoms with E-state index in [1.54, 1.807) is 0 Å². The van der Waals surface area contributed by atoms with Gasteiger partial charge in [-0.15, -0.1) is 0 Å². The zero-order chi connectivity index (χ0) is 19.2. The van der Waals surface area contributed by atoms with Crippen LogP contribution in [-0.4, -0.2) is 48.7 Å². The van der Waals surface area contributed by atoms with Crippen LogP contribution < -0.4 is 10.2 Å². The lowest BCUT2D eigenvalue weighted by Crippen LogP contribution is -2.56. The molecular formula is C21H29N3O3. The molecule has 2 atom stereocenters. The van der Waals surface area contributed by atoms with E-state index in [0.29, 0.717) is 6.61 Å². The van der Waals surface area contributed by atoms with Crippen molar-refractivity contribution in [1.82, 2.24) is 4.90 Å². The van der Waals surface area contributed by atoms with Crippen LogP contribution in [0, 0.1) is 0 Å². The van der Waals surface area contributed by atoms with Crippen molar-refractivity contribution < 1.29 is 14.3 Å². The minimum absolute atomic E-state index is 0.0503. The number of hydrogen-bond donors (Lipinski definition) is 1. The summed E-state index contributed by atoms with van der Waals surface area (Å²) in [5.41, 5.74) is 2.60. The van der Waals surface area contributed by atoms with Crippen LogP contribution in [0.3, 0.4) is 0 Å². The number of ether oxygens (including phenoxy) is 1. The Bertz CT molecular complexity index is 747. The van der Waals surface area contributed by atoms with Gasteiger partial charge >= 0.3 is 6.09 Å². The number of unbranched alkanes of at least 4 members (excludes halogenated alkanes) is 1. The Kier molecular flexibility index (Phi) is 4.52. The Labute approximate surface area is 160 Å². The molecule has 2 unspecified atom stereocenters. The third kappa shape index (κ3) is 3.05. The molecule has 0 aliphatic carbocycles. The number of anilines is 2. The van der Waals surface area contributed by atoms with Crippen molar-refractivity contribution in [2.24, 2.45) is 0 Å². The van der Waals surface area contributed by atoms with Crippen molar-refractivity contribution in [3.63, 3.8) is 0 Å². The quantitative estimate of drug-likeness (QED) is 0.823. The van der Waals surface area contributed by atoms with Crippen LogP contribution in [0.1, 0.15) is 52.0 Å². The van der Waals surface area contributed by atoms with Gasteiger partial charge in [0, 0.05) is 24.5 Å². The van der Waals surface area contributed by atoms with Gasteiger partial charge in [-0.2, -0.15) is 0 Å². The van der Waals surface area contributed by atoms with Gasteiger partial charge in [-0.05, 0) is 50.8 Å². The summed E-state index contributed by atoms with van der Waals surface area (Å²) in [4.78, 5) is 29.0. The predicted molar refractivity (Wildman–Crippen MR) is 105 cm³/mol. The third-order valence-corrected chi connectivity index (χ3v) is 6.27. The molecule has 1 N–H and O–H groups in total. The zero-order valence-corrected chi connectivity index (χ0v) is 16.5. The molecule has 1 aromatic carbocycles. The van der Waals surface area contributed by atoms with Gasteiger partial charge in [-0.3, -0.25) is 9.69 Å². The van der Waals surface area contributed by atoms with Gasteiger partial charge in [-0.1, -0.05) is 19.4 Å². The second kappa shape index (κ2) is 6.73. The van der Waals surface area contributed by atoms with Crippen LogP contribution in [0.2, 0.25) is 0 Å². The van der Waals surface area contributed by atoms with E-state index in [1.807, 2.05) is 18.7 Å². The second-order valence-electron chi connectivity index (χ2n) is 8.47. The van der Waals surface area contributed by atoms with Gasteiger partial charge in [0.2, 0.25) is 5.91 Å². The molecule has 0 saturated carbocycles. The minimum Gasteiger partial charge on any atom is -0.449 e. The van der Waals surface area contributed by atoms with Crippen LogP contribution in [0.4, 0.5) is 16.2 Å². The van der Waals surface area contributed by atoms with E-state index in [9.17, 15) is 9.59 Å². The largest absolute Gasteiger partial charge is 0.449 e. The normalized spacial score (nSPS) is 25.4. The van der Waals surface area contributed by atoms with E-state index >= 15 is 0 Å². The highest BCUT2D eigenvalue weighted by atomic mass is 16.6. The number of hydrogen-bond acceptors (Lipinski definition) is 4. The molecule has 27 heavy (non-hydrogen) atoms. The fourth-order valence-corrected chi connectivity index (χ4v) is 4.57. The lowest BCUT2D eigenvalue weighted by molar-refractivity contribution is -0.119. The van der Waals surface area contributed by atoms with Crippen LogP contribution >= 0.6 is 0 Å². The molecule has 3 aliphatic heterocycles. The van der Waals surface area contributed by atoms with E-state index in [-0.39, 0.29) is 24.1 Å². The third-order valence-electron chi connectivity index (χ3n) is 6.27. The standard InChI is InChI=1S/C21H29N3O3/c1-4-5-10-27-20(26)24-15-6-7-16(24)13-23(12-15)14-8-9-17-18(11-14)22-19(25)21(17,2)3/h8-9,11,15-16H,4-7,10,12-13H2,1-3H3,(H,22,25). The number of fused-ring (bicyclic) bond motifs is 3. The molecule has 4 rings (SSSR count). The van der Waals surface area contributed by atoms with Crippen LogP contribution in [0.5, 0.6) is 0 Å². The summed E-state index contributed by atoms with van der Waals surface area (Å²) in [5.74, 6) is 0.0503. The number of amides is 2. The van der Waals surface area contributed by atoms with E-state index < -0.39 is 5.41 Å². The first-order valence-electron chi connectivity index (χ1n) is 10.1. The first-order valence-corrected chi connectivity index (χ1v) is 10.1. The summed E-state index contributed by atoms with van der Waals surface area (Å²) >= 11 is 0. The highest BCUT2D eigenvalue weighted by Gasteiger charge is 2.44. The molecule has 3 aliphatic rings. The summed E-state index contributed by atoms with van der Waals surface area (Å²) < 4.78 is 5.46. The molecule has 0 aromatic heterocycles. The van der Waals surface area contributed by atoms with Crippen molar-refractivity contribution in [1.29, 1.82) is 0 Å². The number of nitrogens with one attached hydrogen (secondary N) is 1. The molecule has 1 aromatic rings. The van der Waals surface area contributed by atoms with E-state index in [2.05, 4.69) is 35.3 Å². The van der Waals surface area contributed by atoms with Gasteiger partial charge in [0.15, 0.2) is 0 Å². The minimum atomic E-state index is -0.478. The molecule has 2 bridgehead atoms. The monoisotopic (exact) mass is 371 g/mol. The van der Waals surface area contributed by atoms with Crippen LogP contribution in [0.15, 0.2) is 18.2 Å². The summed E-state index contributed by atoms with van der Waals surface area (Å²) in [6.45, 7) is 8.14. The summed E-state index contributed by atoms with van der Waals surface area (Å²) in [7, 11) is 0. The van der Waals surface area contributed by atoms with Gasteiger partial charge in [-0.25, -0.2) is 4.79 Å². The molecular weight excluding hydrogens is 342 g/mol. The van der Waals surface area contributed by atoms with Crippen LogP contribution in [0.25, 0.3) is 0 Å². The van der Waals surface area contributed by atoms with Crippen molar-refractivity contribution >= 4 is 23.4 Å². The Morgan fingerprint density at radius 2 is 1.96 bits per heavy atom. The van der Waals surface area contributed by atoms with Crippen molar-refractivity contribution in [2.45, 2.75) is 64.0 Å². The lowest BCUT2D eigenvalue weighted by Gasteiger charge is -2.41. The maximum atomic E-state index is 12.5. The fraction of sp³-hybridized carbons (Fsp3) is 0.619. The molecule has 2 amide bonds. The predicted octanol–water partition coefficient (Wildman–Crippen LogP) is 3.51. The SMILES string of the molecule is CCCCOC(=O)N1C2CCC1CN(c1ccc3c(c1)NC(=O)C3(C)C)C2. The van der Waals surface area contributed by atoms with Crippen molar-refractivity contribution in [3.05, 3.63) is 23.8 Å². The van der Waals surface area contributed by atoms with Gasteiger partial charge in [0.25, 0.3) is 0 Å². The molecule has 6 nitrogen and oxygen atoms in total. The van der Waals surface area contributed by atoms with E-state index in [0.717, 1.165) is 55.7 Å². The second-order valence-corrected chi connectivity index (χ2v) is 8.47. The highest BCUT2D eigenvalue weighted by molar-refractivity contribution is 6.06. The van der Waals surface area contributed by atoms with Gasteiger partial charge in [0.1, 0.15) is 0 Å². The summed E-state index contributed by atoms with van der Waals surface area (Å²) in [6, 6.07) is 6.66. The molecule has 6 heteroatoms. The highest BCUT2D eigenvalue weighted by Crippen LogP contribution is 2.40. The molecule has 0 radical (unpaired) electrons. The first kappa shape index (κ1) is 18.1.